The Bertz CT molecular complexity index is 3210. The van der Waals surface area contributed by atoms with Gasteiger partial charge < -0.3 is 0 Å². The Morgan fingerprint density at radius 1 is 0.300 bits per heavy atom. The van der Waals surface area contributed by atoms with E-state index in [1.54, 1.807) is 9.00 Å². The second-order valence-corrected chi connectivity index (χ2v) is 38.3. The van der Waals surface area contributed by atoms with E-state index in [0.29, 0.717) is 33.2 Å². The van der Waals surface area contributed by atoms with Crippen molar-refractivity contribution in [1.29, 1.82) is 0 Å². The minimum absolute atomic E-state index is 0.630. The maximum Gasteiger partial charge on any atom is 0.107 e. The smallest absolute Gasteiger partial charge is 0.107 e. The highest BCUT2D eigenvalue weighted by atomic mass is 32.1. The van der Waals surface area contributed by atoms with Gasteiger partial charge in [0.1, 0.15) is 16.1 Å². The van der Waals surface area contributed by atoms with Crippen LogP contribution in [-0.2, 0) is 0 Å². The van der Waals surface area contributed by atoms with Crippen molar-refractivity contribution in [3.8, 4) is 44.5 Å². The Balaban J connectivity index is 1.24. The SMILES string of the molecule is CC(C)[Si](c1cc2c(s1)c(-c1ccccc1)c(-c1ccccc1)c1sc(/C=C/c3cc4c(s3)c(-c3ccccc3)c(-c3ccccc3)c3sc([Si](C(C)C)(C(C)C)C(C)C)cc34)cc12)(C(C)C)C(C)C. The zero-order valence-corrected chi connectivity index (χ0v) is 48.4. The van der Waals surface area contributed by atoms with Gasteiger partial charge in [-0.3, -0.25) is 0 Å². The third kappa shape index (κ3) is 7.91. The number of fused-ring (bicyclic) bond motifs is 6. The summed E-state index contributed by atoms with van der Waals surface area (Å²) in [5.74, 6) is 0. The molecule has 356 valence electrons. The molecule has 0 aliphatic rings. The van der Waals surface area contributed by atoms with E-state index in [9.17, 15) is 0 Å². The third-order valence-electron chi connectivity index (χ3n) is 16.2. The van der Waals surface area contributed by atoms with Crippen LogP contribution in [0.25, 0.3) is 97.0 Å². The lowest BCUT2D eigenvalue weighted by Crippen LogP contribution is -2.54. The molecule has 0 amide bonds. The van der Waals surface area contributed by atoms with Crippen LogP contribution in [0.1, 0.15) is 92.8 Å². The molecule has 4 heterocycles. The quantitative estimate of drug-likeness (QED) is 0.0953. The molecule has 0 aliphatic heterocycles. The lowest BCUT2D eigenvalue weighted by atomic mass is 9.92. The molecule has 0 radical (unpaired) electrons. The van der Waals surface area contributed by atoms with Gasteiger partial charge in [0, 0.05) is 72.4 Å². The fourth-order valence-corrected chi connectivity index (χ4v) is 36.3. The summed E-state index contributed by atoms with van der Waals surface area (Å²) in [5, 5.41) is 5.61. The van der Waals surface area contributed by atoms with Gasteiger partial charge in [0.15, 0.2) is 0 Å². The summed E-state index contributed by atoms with van der Waals surface area (Å²) in [5.41, 5.74) is 14.4. The van der Waals surface area contributed by atoms with E-state index in [1.165, 1.54) is 94.6 Å². The van der Waals surface area contributed by atoms with Crippen molar-refractivity contribution in [2.24, 2.45) is 0 Å². The molecule has 0 saturated carbocycles. The molecule has 0 fully saturated rings. The first kappa shape index (κ1) is 48.9. The van der Waals surface area contributed by atoms with Gasteiger partial charge in [-0.15, -0.1) is 45.3 Å². The lowest BCUT2D eigenvalue weighted by molar-refractivity contribution is 0.837. The molecular weight excluding hydrogens is 953 g/mol. The van der Waals surface area contributed by atoms with Crippen molar-refractivity contribution >= 4 is 123 Å². The highest BCUT2D eigenvalue weighted by molar-refractivity contribution is 7.34. The van der Waals surface area contributed by atoms with Crippen LogP contribution in [0.3, 0.4) is 0 Å². The van der Waals surface area contributed by atoms with Crippen LogP contribution in [0.2, 0.25) is 33.2 Å². The third-order valence-corrected chi connectivity index (χ3v) is 36.6. The van der Waals surface area contributed by atoms with Gasteiger partial charge in [-0.05, 0) is 101 Å². The first-order valence-corrected chi connectivity index (χ1v) is 33.4. The van der Waals surface area contributed by atoms with Crippen LogP contribution in [-0.4, -0.2) is 16.1 Å². The molecule has 0 atom stereocenters. The molecule has 0 N–H and O–H groups in total. The molecule has 10 aromatic rings. The molecule has 0 aliphatic carbocycles. The average molecular weight is 1020 g/mol. The summed E-state index contributed by atoms with van der Waals surface area (Å²) in [6.07, 6.45) is 4.84. The van der Waals surface area contributed by atoms with Crippen molar-refractivity contribution in [2.45, 2.75) is 116 Å². The highest BCUT2D eigenvalue weighted by Gasteiger charge is 2.47. The van der Waals surface area contributed by atoms with Gasteiger partial charge in [0.2, 0.25) is 0 Å². The van der Waals surface area contributed by atoms with Gasteiger partial charge in [-0.2, -0.15) is 0 Å². The average Bonchev–Trinajstić information content (AvgIpc) is 4.16. The topological polar surface area (TPSA) is 0 Å². The second-order valence-electron chi connectivity index (χ2n) is 21.6. The molecular formula is C64H68S4Si2. The van der Waals surface area contributed by atoms with Crippen LogP contribution in [0.4, 0.5) is 0 Å². The zero-order chi connectivity index (χ0) is 49.2. The number of rotatable bonds is 14. The molecule has 70 heavy (non-hydrogen) atoms. The van der Waals surface area contributed by atoms with Crippen molar-refractivity contribution in [3.63, 3.8) is 0 Å². The number of hydrogen-bond acceptors (Lipinski definition) is 4. The first-order chi connectivity index (χ1) is 33.7. The monoisotopic (exact) mass is 1020 g/mol. The summed E-state index contributed by atoms with van der Waals surface area (Å²) in [4.78, 5) is 2.59. The van der Waals surface area contributed by atoms with Crippen molar-refractivity contribution in [3.05, 3.63) is 155 Å². The van der Waals surface area contributed by atoms with E-state index < -0.39 is 16.1 Å². The molecule has 4 aromatic heterocycles. The molecule has 0 spiro atoms. The Kier molecular flexibility index (Phi) is 13.6. The van der Waals surface area contributed by atoms with Gasteiger partial charge >= 0.3 is 0 Å². The van der Waals surface area contributed by atoms with Crippen LogP contribution < -0.4 is 9.00 Å². The summed E-state index contributed by atoms with van der Waals surface area (Å²) in [7, 11) is -3.91. The maximum absolute atomic E-state index is 2.67. The minimum Gasteiger partial charge on any atom is -0.144 e. The van der Waals surface area contributed by atoms with Gasteiger partial charge in [0.25, 0.3) is 0 Å². The number of benzene rings is 6. The lowest BCUT2D eigenvalue weighted by Gasteiger charge is -2.42. The van der Waals surface area contributed by atoms with E-state index in [0.717, 1.165) is 0 Å². The zero-order valence-electron chi connectivity index (χ0n) is 43.1. The highest BCUT2D eigenvalue weighted by Crippen LogP contribution is 2.54. The van der Waals surface area contributed by atoms with Crippen LogP contribution in [0.5, 0.6) is 0 Å². The van der Waals surface area contributed by atoms with Gasteiger partial charge in [0.05, 0.1) is 0 Å². The summed E-state index contributed by atoms with van der Waals surface area (Å²) < 4.78 is 8.94. The standard InChI is InChI=1S/C64H68S4Si2/c1-39(2)69(40(3)4,41(5)6)55-37-53-51-35-49(65-61(51)57(45-25-17-13-18-26-45)59(63(53)67-55)47-29-21-15-22-30-47)33-34-50-36-52-54-38-56(70(42(7)8,43(9)10)44(11)12)68-64(54)60(48-31-23-16-24-32-48)58(62(52)66-50)46-27-19-14-20-28-46/h13-44H,1-12H3/b34-33+. The fraction of sp³-hybridized carbons (Fsp3) is 0.281. The van der Waals surface area contributed by atoms with E-state index in [4.69, 9.17) is 0 Å². The number of hydrogen-bond donors (Lipinski definition) is 0. The summed E-state index contributed by atoms with van der Waals surface area (Å²) in [6, 6.07) is 55.3. The van der Waals surface area contributed by atoms with E-state index in [1.807, 2.05) is 22.7 Å². The number of thiophene rings is 4. The van der Waals surface area contributed by atoms with Crippen LogP contribution >= 0.6 is 45.3 Å². The Morgan fingerprint density at radius 2 is 0.529 bits per heavy atom. The van der Waals surface area contributed by atoms with Crippen molar-refractivity contribution < 1.29 is 0 Å². The molecule has 0 saturated heterocycles. The van der Waals surface area contributed by atoms with Crippen molar-refractivity contribution in [2.75, 3.05) is 0 Å². The maximum atomic E-state index is 2.67. The van der Waals surface area contributed by atoms with Gasteiger partial charge in [-0.25, -0.2) is 0 Å². The second kappa shape index (κ2) is 19.4. The van der Waals surface area contributed by atoms with Gasteiger partial charge in [-0.1, -0.05) is 204 Å². The Hall–Kier alpha value is -4.67. The summed E-state index contributed by atoms with van der Waals surface area (Å²) >= 11 is 8.15. The Labute approximate surface area is 435 Å². The van der Waals surface area contributed by atoms with E-state index in [-0.39, 0.29) is 0 Å². The molecule has 6 aromatic carbocycles. The van der Waals surface area contributed by atoms with E-state index >= 15 is 0 Å². The Morgan fingerprint density at radius 3 is 0.771 bits per heavy atom. The predicted octanol–water partition coefficient (Wildman–Crippen LogP) is 21.2. The molecule has 0 unspecified atom stereocenters. The molecule has 10 rings (SSSR count). The van der Waals surface area contributed by atoms with Crippen LogP contribution in [0.15, 0.2) is 146 Å². The largest absolute Gasteiger partial charge is 0.144 e. The summed E-state index contributed by atoms with van der Waals surface area (Å²) in [6.45, 7) is 30.1. The molecule has 0 bridgehead atoms. The van der Waals surface area contributed by atoms with Crippen molar-refractivity contribution in [1.82, 2.24) is 0 Å². The molecule has 0 nitrogen and oxygen atoms in total. The first-order valence-electron chi connectivity index (χ1n) is 25.7. The minimum atomic E-state index is -1.95. The predicted molar refractivity (Wildman–Crippen MR) is 326 cm³/mol. The normalized spacial score (nSPS) is 13.0. The van der Waals surface area contributed by atoms with E-state index in [2.05, 4.69) is 264 Å². The molecule has 6 heteroatoms. The fourth-order valence-electron chi connectivity index (χ4n) is 13.6. The van der Waals surface area contributed by atoms with Crippen LogP contribution in [0, 0.1) is 0 Å².